The molecule has 1 aliphatic carbocycles. The predicted octanol–water partition coefficient (Wildman–Crippen LogP) is 3.92. The van der Waals surface area contributed by atoms with E-state index in [0.29, 0.717) is 36.3 Å². The number of carbonyl (C=O) groups is 1. The zero-order chi connectivity index (χ0) is 15.5. The molecule has 1 saturated carbocycles. The number of carbonyl (C=O) groups excluding carboxylic acids is 1. The van der Waals surface area contributed by atoms with Crippen LogP contribution in [-0.4, -0.2) is 25.3 Å². The Hall–Kier alpha value is -1.43. The highest BCUT2D eigenvalue weighted by molar-refractivity contribution is 9.10. The Morgan fingerprint density at radius 2 is 1.86 bits per heavy atom. The summed E-state index contributed by atoms with van der Waals surface area (Å²) in [5.41, 5.74) is 0.685. The number of anilines is 1. The number of urea groups is 1. The van der Waals surface area contributed by atoms with Crippen molar-refractivity contribution in [3.05, 3.63) is 16.6 Å². The van der Waals surface area contributed by atoms with Gasteiger partial charge in [0.25, 0.3) is 0 Å². The number of fused-ring (bicyclic) bond motifs is 1. The Morgan fingerprint density at radius 3 is 2.59 bits per heavy atom. The third-order valence-electron chi connectivity index (χ3n) is 4.31. The van der Waals surface area contributed by atoms with Gasteiger partial charge in [0.2, 0.25) is 0 Å². The largest absolute Gasteiger partial charge is 0.486 e. The molecule has 2 N–H and O–H groups in total. The number of rotatable bonds is 2. The predicted molar refractivity (Wildman–Crippen MR) is 88.7 cm³/mol. The van der Waals surface area contributed by atoms with Crippen LogP contribution in [0.15, 0.2) is 16.6 Å². The van der Waals surface area contributed by atoms with Crippen molar-refractivity contribution in [1.82, 2.24) is 5.32 Å². The van der Waals surface area contributed by atoms with Crippen LogP contribution in [0.3, 0.4) is 0 Å². The summed E-state index contributed by atoms with van der Waals surface area (Å²) >= 11 is 3.46. The van der Waals surface area contributed by atoms with Crippen molar-refractivity contribution >= 4 is 27.6 Å². The molecule has 2 atom stereocenters. The zero-order valence-corrected chi connectivity index (χ0v) is 14.2. The van der Waals surface area contributed by atoms with Gasteiger partial charge in [-0.05, 0) is 34.7 Å². The highest BCUT2D eigenvalue weighted by atomic mass is 79.9. The van der Waals surface area contributed by atoms with Gasteiger partial charge in [-0.1, -0.05) is 19.8 Å². The summed E-state index contributed by atoms with van der Waals surface area (Å²) in [6.07, 6.45) is 4.67. The van der Waals surface area contributed by atoms with E-state index >= 15 is 0 Å². The molecule has 1 aliphatic heterocycles. The van der Waals surface area contributed by atoms with Gasteiger partial charge in [0.05, 0.1) is 5.69 Å². The summed E-state index contributed by atoms with van der Waals surface area (Å²) in [5, 5.41) is 5.98. The minimum Gasteiger partial charge on any atom is -0.486 e. The number of amides is 2. The van der Waals surface area contributed by atoms with Crippen LogP contribution in [0.2, 0.25) is 0 Å². The third kappa shape index (κ3) is 3.48. The van der Waals surface area contributed by atoms with Crippen LogP contribution in [0.5, 0.6) is 11.5 Å². The smallest absolute Gasteiger partial charge is 0.319 e. The molecule has 2 amide bonds. The van der Waals surface area contributed by atoms with Gasteiger partial charge in [0, 0.05) is 22.6 Å². The van der Waals surface area contributed by atoms with E-state index in [4.69, 9.17) is 9.47 Å². The van der Waals surface area contributed by atoms with E-state index in [1.807, 2.05) is 6.07 Å². The first-order valence-electron chi connectivity index (χ1n) is 7.80. The topological polar surface area (TPSA) is 59.6 Å². The van der Waals surface area contributed by atoms with Crippen LogP contribution < -0.4 is 20.1 Å². The summed E-state index contributed by atoms with van der Waals surface area (Å²) in [6.45, 7) is 3.27. The van der Waals surface area contributed by atoms with E-state index in [1.165, 1.54) is 19.3 Å². The lowest BCUT2D eigenvalue weighted by atomic mass is 9.86. The standard InChI is InChI=1S/C16H21BrN2O3/c1-10-4-2-3-5-12(10)18-16(20)19-13-9-15-14(8-11(13)17)21-6-7-22-15/h8-10,12H,2-7H2,1H3,(H2,18,19,20)/t10-,12-/m1/s1. The van der Waals surface area contributed by atoms with Crippen molar-refractivity contribution in [2.75, 3.05) is 18.5 Å². The zero-order valence-electron chi connectivity index (χ0n) is 12.7. The second-order valence-electron chi connectivity index (χ2n) is 5.94. The molecule has 0 aromatic heterocycles. The van der Waals surface area contributed by atoms with E-state index < -0.39 is 0 Å². The van der Waals surface area contributed by atoms with Crippen LogP contribution in [0, 0.1) is 5.92 Å². The van der Waals surface area contributed by atoms with E-state index in [1.54, 1.807) is 6.07 Å². The Balaban J connectivity index is 1.66. The molecule has 3 rings (SSSR count). The molecule has 1 aromatic rings. The van der Waals surface area contributed by atoms with Crippen molar-refractivity contribution in [2.24, 2.45) is 5.92 Å². The summed E-state index contributed by atoms with van der Waals surface area (Å²) in [5.74, 6) is 1.89. The number of halogens is 1. The van der Waals surface area contributed by atoms with E-state index in [-0.39, 0.29) is 12.1 Å². The molecule has 0 spiro atoms. The lowest BCUT2D eigenvalue weighted by Gasteiger charge is -2.29. The highest BCUT2D eigenvalue weighted by Crippen LogP contribution is 2.38. The molecule has 1 fully saturated rings. The Labute approximate surface area is 138 Å². The minimum atomic E-state index is -0.170. The van der Waals surface area contributed by atoms with Gasteiger partial charge in [-0.25, -0.2) is 4.79 Å². The second kappa shape index (κ2) is 6.77. The van der Waals surface area contributed by atoms with Crippen LogP contribution >= 0.6 is 15.9 Å². The van der Waals surface area contributed by atoms with Gasteiger partial charge in [-0.2, -0.15) is 0 Å². The number of nitrogens with one attached hydrogen (secondary N) is 2. The number of benzene rings is 1. The summed E-state index contributed by atoms with van der Waals surface area (Å²) in [6, 6.07) is 3.70. The fourth-order valence-corrected chi connectivity index (χ4v) is 3.44. The quantitative estimate of drug-likeness (QED) is 0.831. The lowest BCUT2D eigenvalue weighted by Crippen LogP contribution is -2.43. The average Bonchev–Trinajstić information content (AvgIpc) is 2.50. The summed E-state index contributed by atoms with van der Waals surface area (Å²) in [7, 11) is 0. The van der Waals surface area contributed by atoms with Gasteiger partial charge in [0.15, 0.2) is 11.5 Å². The normalized spacial score (nSPS) is 23.7. The number of hydrogen-bond acceptors (Lipinski definition) is 3. The van der Waals surface area contributed by atoms with E-state index in [0.717, 1.165) is 10.9 Å². The van der Waals surface area contributed by atoms with E-state index in [9.17, 15) is 4.79 Å². The first kappa shape index (κ1) is 15.5. The molecular weight excluding hydrogens is 348 g/mol. The first-order valence-corrected chi connectivity index (χ1v) is 8.59. The van der Waals surface area contributed by atoms with Gasteiger partial charge < -0.3 is 20.1 Å². The van der Waals surface area contributed by atoms with Gasteiger partial charge in [-0.15, -0.1) is 0 Å². The molecule has 6 heteroatoms. The van der Waals surface area contributed by atoms with Crippen molar-refractivity contribution in [3.63, 3.8) is 0 Å². The van der Waals surface area contributed by atoms with Gasteiger partial charge in [-0.3, -0.25) is 0 Å². The van der Waals surface area contributed by atoms with Crippen molar-refractivity contribution in [2.45, 2.75) is 38.6 Å². The maximum atomic E-state index is 12.2. The summed E-state index contributed by atoms with van der Waals surface area (Å²) < 4.78 is 11.8. The second-order valence-corrected chi connectivity index (χ2v) is 6.80. The Kier molecular flexibility index (Phi) is 4.76. The van der Waals surface area contributed by atoms with Gasteiger partial charge in [0.1, 0.15) is 13.2 Å². The molecule has 0 unspecified atom stereocenters. The van der Waals surface area contributed by atoms with Gasteiger partial charge >= 0.3 is 6.03 Å². The molecule has 0 radical (unpaired) electrons. The van der Waals surface area contributed by atoms with Crippen molar-refractivity contribution < 1.29 is 14.3 Å². The minimum absolute atomic E-state index is 0.170. The molecule has 0 saturated heterocycles. The van der Waals surface area contributed by atoms with Crippen LogP contribution in [0.1, 0.15) is 32.6 Å². The highest BCUT2D eigenvalue weighted by Gasteiger charge is 2.23. The number of hydrogen-bond donors (Lipinski definition) is 2. The fraction of sp³-hybridized carbons (Fsp3) is 0.562. The molecule has 22 heavy (non-hydrogen) atoms. The Morgan fingerprint density at radius 1 is 1.18 bits per heavy atom. The fourth-order valence-electron chi connectivity index (χ4n) is 3.02. The maximum Gasteiger partial charge on any atom is 0.319 e. The van der Waals surface area contributed by atoms with E-state index in [2.05, 4.69) is 33.5 Å². The monoisotopic (exact) mass is 368 g/mol. The lowest BCUT2D eigenvalue weighted by molar-refractivity contribution is 0.171. The number of ether oxygens (including phenoxy) is 2. The molecule has 1 heterocycles. The van der Waals surface area contributed by atoms with Crippen molar-refractivity contribution in [3.8, 4) is 11.5 Å². The van der Waals surface area contributed by atoms with Crippen LogP contribution in [-0.2, 0) is 0 Å². The molecular formula is C16H21BrN2O3. The third-order valence-corrected chi connectivity index (χ3v) is 4.96. The van der Waals surface area contributed by atoms with Crippen LogP contribution in [0.25, 0.3) is 0 Å². The maximum absolute atomic E-state index is 12.2. The molecule has 2 aliphatic rings. The molecule has 5 nitrogen and oxygen atoms in total. The van der Waals surface area contributed by atoms with Crippen molar-refractivity contribution in [1.29, 1.82) is 0 Å². The molecule has 1 aromatic carbocycles. The Bertz CT molecular complexity index is 565. The molecule has 120 valence electrons. The SMILES string of the molecule is C[C@@H]1CCCC[C@H]1NC(=O)Nc1cc2c(cc1Br)OCCO2. The average molecular weight is 369 g/mol. The van der Waals surface area contributed by atoms with Crippen LogP contribution in [0.4, 0.5) is 10.5 Å². The first-order chi connectivity index (χ1) is 10.6. The molecule has 0 bridgehead atoms. The summed E-state index contributed by atoms with van der Waals surface area (Å²) in [4.78, 5) is 12.2.